The number of rotatable bonds is 2. The van der Waals surface area contributed by atoms with Crippen molar-refractivity contribution in [3.8, 4) is 0 Å². The summed E-state index contributed by atoms with van der Waals surface area (Å²) in [7, 11) is 0. The van der Waals surface area contributed by atoms with Gasteiger partial charge in [-0.1, -0.05) is 12.1 Å². The number of nitrogens with one attached hydrogen (secondary N) is 1. The molecule has 1 aliphatic heterocycles. The summed E-state index contributed by atoms with van der Waals surface area (Å²) >= 11 is 0. The van der Waals surface area contributed by atoms with Gasteiger partial charge in [-0.15, -0.1) is 0 Å². The topological polar surface area (TPSA) is 41.3 Å². The lowest BCUT2D eigenvalue weighted by Crippen LogP contribution is -2.23. The highest BCUT2D eigenvalue weighted by atomic mass is 16.4. The molecular formula is C15H19N3O. The zero-order valence-corrected chi connectivity index (χ0v) is 11.4. The lowest BCUT2D eigenvalue weighted by molar-refractivity contribution is 0.464. The third-order valence-corrected chi connectivity index (χ3v) is 3.56. The second-order valence-corrected chi connectivity index (χ2v) is 4.97. The Morgan fingerprint density at radius 1 is 1.32 bits per heavy atom. The number of benzene rings is 1. The summed E-state index contributed by atoms with van der Waals surface area (Å²) in [5, 5.41) is 3.46. The molecule has 0 saturated heterocycles. The average Bonchev–Trinajstić information content (AvgIpc) is 2.62. The summed E-state index contributed by atoms with van der Waals surface area (Å²) < 4.78 is 5.70. The standard InChI is InChI=1S/C15H19N3O/c1-11-12(2)19-15(17-11)10-18-9-5-8-16-13-6-3-4-7-14(13)18/h3-4,6-7,16H,5,8-10H2,1-2H3. The molecule has 1 N–H and O–H groups in total. The molecular weight excluding hydrogens is 238 g/mol. The minimum Gasteiger partial charge on any atom is -0.444 e. The molecule has 19 heavy (non-hydrogen) atoms. The van der Waals surface area contributed by atoms with Crippen molar-refractivity contribution in [2.75, 3.05) is 23.3 Å². The molecule has 2 heterocycles. The highest BCUT2D eigenvalue weighted by Crippen LogP contribution is 2.29. The van der Waals surface area contributed by atoms with Crippen molar-refractivity contribution in [2.24, 2.45) is 0 Å². The van der Waals surface area contributed by atoms with Crippen molar-refractivity contribution in [3.05, 3.63) is 41.6 Å². The normalized spacial score (nSPS) is 14.7. The molecule has 2 aromatic rings. The molecule has 100 valence electrons. The zero-order chi connectivity index (χ0) is 13.2. The van der Waals surface area contributed by atoms with Crippen LogP contribution in [0, 0.1) is 13.8 Å². The molecule has 0 bridgehead atoms. The molecule has 0 aliphatic carbocycles. The maximum absolute atomic E-state index is 5.70. The first-order chi connectivity index (χ1) is 9.24. The van der Waals surface area contributed by atoms with Gasteiger partial charge in [0.2, 0.25) is 5.89 Å². The molecule has 0 fully saturated rings. The summed E-state index contributed by atoms with van der Waals surface area (Å²) in [6.07, 6.45) is 1.12. The molecule has 0 saturated carbocycles. The van der Waals surface area contributed by atoms with E-state index in [1.807, 2.05) is 13.8 Å². The SMILES string of the molecule is Cc1nc(CN2CCCNc3ccccc32)oc1C. The molecule has 1 aliphatic rings. The van der Waals surface area contributed by atoms with Gasteiger partial charge in [-0.2, -0.15) is 0 Å². The molecule has 3 rings (SSSR count). The molecule has 0 radical (unpaired) electrons. The number of fused-ring (bicyclic) bond motifs is 1. The average molecular weight is 257 g/mol. The number of aromatic nitrogens is 1. The van der Waals surface area contributed by atoms with Gasteiger partial charge in [0, 0.05) is 13.1 Å². The minimum absolute atomic E-state index is 0.730. The highest BCUT2D eigenvalue weighted by molar-refractivity contribution is 5.70. The van der Waals surface area contributed by atoms with Crippen molar-refractivity contribution in [1.29, 1.82) is 0 Å². The Balaban J connectivity index is 1.88. The van der Waals surface area contributed by atoms with E-state index in [1.165, 1.54) is 11.4 Å². The molecule has 0 atom stereocenters. The van der Waals surface area contributed by atoms with E-state index in [9.17, 15) is 0 Å². The second-order valence-electron chi connectivity index (χ2n) is 4.97. The first-order valence-corrected chi connectivity index (χ1v) is 6.75. The lowest BCUT2D eigenvalue weighted by Gasteiger charge is -2.22. The van der Waals surface area contributed by atoms with Gasteiger partial charge in [0.25, 0.3) is 0 Å². The number of anilines is 2. The number of nitrogens with zero attached hydrogens (tertiary/aromatic N) is 2. The van der Waals surface area contributed by atoms with Crippen LogP contribution in [0.3, 0.4) is 0 Å². The molecule has 4 nitrogen and oxygen atoms in total. The van der Waals surface area contributed by atoms with Crippen LogP contribution in [0.5, 0.6) is 0 Å². The number of para-hydroxylation sites is 2. The minimum atomic E-state index is 0.730. The molecule has 0 spiro atoms. The highest BCUT2D eigenvalue weighted by Gasteiger charge is 2.17. The summed E-state index contributed by atoms with van der Waals surface area (Å²) in [6.45, 7) is 6.71. The summed E-state index contributed by atoms with van der Waals surface area (Å²) in [5.74, 6) is 1.71. The third-order valence-electron chi connectivity index (χ3n) is 3.56. The van der Waals surface area contributed by atoms with Crippen LogP contribution < -0.4 is 10.2 Å². The van der Waals surface area contributed by atoms with Crippen molar-refractivity contribution in [1.82, 2.24) is 4.98 Å². The van der Waals surface area contributed by atoms with Gasteiger partial charge >= 0.3 is 0 Å². The Labute approximate surface area is 113 Å². The zero-order valence-electron chi connectivity index (χ0n) is 11.4. The fraction of sp³-hybridized carbons (Fsp3) is 0.400. The maximum atomic E-state index is 5.70. The quantitative estimate of drug-likeness (QED) is 0.897. The lowest BCUT2D eigenvalue weighted by atomic mass is 10.2. The molecule has 4 heteroatoms. The van der Waals surface area contributed by atoms with E-state index in [-0.39, 0.29) is 0 Å². The monoisotopic (exact) mass is 257 g/mol. The summed E-state index contributed by atoms with van der Waals surface area (Å²) in [4.78, 5) is 6.81. The van der Waals surface area contributed by atoms with E-state index < -0.39 is 0 Å². The molecule has 0 amide bonds. The smallest absolute Gasteiger partial charge is 0.214 e. The van der Waals surface area contributed by atoms with Crippen LogP contribution in [0.1, 0.15) is 23.8 Å². The third kappa shape index (κ3) is 2.43. The number of oxazole rings is 1. The van der Waals surface area contributed by atoms with Crippen molar-refractivity contribution in [2.45, 2.75) is 26.8 Å². The van der Waals surface area contributed by atoms with Crippen LogP contribution in [0.4, 0.5) is 11.4 Å². The van der Waals surface area contributed by atoms with Crippen molar-refractivity contribution >= 4 is 11.4 Å². The van der Waals surface area contributed by atoms with Crippen molar-refractivity contribution in [3.63, 3.8) is 0 Å². The summed E-state index contributed by atoms with van der Waals surface area (Å²) in [5.41, 5.74) is 3.41. The van der Waals surface area contributed by atoms with E-state index in [2.05, 4.69) is 39.5 Å². The Kier molecular flexibility index (Phi) is 3.15. The Morgan fingerprint density at radius 3 is 2.95 bits per heavy atom. The number of aryl methyl sites for hydroxylation is 2. The van der Waals surface area contributed by atoms with Crippen LogP contribution in [0.25, 0.3) is 0 Å². The van der Waals surface area contributed by atoms with Crippen LogP contribution in [-0.2, 0) is 6.54 Å². The summed E-state index contributed by atoms with van der Waals surface area (Å²) in [6, 6.07) is 8.41. The van der Waals surface area contributed by atoms with Crippen LogP contribution >= 0.6 is 0 Å². The predicted octanol–water partition coefficient (Wildman–Crippen LogP) is 3.11. The van der Waals surface area contributed by atoms with E-state index in [0.29, 0.717) is 0 Å². The Bertz CT molecular complexity index is 557. The van der Waals surface area contributed by atoms with Crippen molar-refractivity contribution < 1.29 is 4.42 Å². The van der Waals surface area contributed by atoms with E-state index >= 15 is 0 Å². The van der Waals surface area contributed by atoms with Gasteiger partial charge < -0.3 is 14.6 Å². The van der Waals surface area contributed by atoms with Gasteiger partial charge in [0.15, 0.2) is 0 Å². The predicted molar refractivity (Wildman–Crippen MR) is 76.6 cm³/mol. The van der Waals surface area contributed by atoms with Gasteiger partial charge in [0.1, 0.15) is 5.76 Å². The molecule has 1 aromatic carbocycles. The maximum Gasteiger partial charge on any atom is 0.214 e. The molecule has 0 unspecified atom stereocenters. The largest absolute Gasteiger partial charge is 0.444 e. The first kappa shape index (κ1) is 12.1. The van der Waals surface area contributed by atoms with Crippen LogP contribution in [-0.4, -0.2) is 18.1 Å². The number of hydrogen-bond donors (Lipinski definition) is 1. The molecule has 1 aromatic heterocycles. The van der Waals surface area contributed by atoms with Gasteiger partial charge in [-0.05, 0) is 32.4 Å². The Hall–Kier alpha value is -1.97. The second kappa shape index (κ2) is 4.96. The van der Waals surface area contributed by atoms with E-state index in [1.54, 1.807) is 0 Å². The Morgan fingerprint density at radius 2 is 2.16 bits per heavy atom. The fourth-order valence-corrected chi connectivity index (χ4v) is 2.45. The first-order valence-electron chi connectivity index (χ1n) is 6.75. The van der Waals surface area contributed by atoms with Gasteiger partial charge in [-0.25, -0.2) is 4.98 Å². The fourth-order valence-electron chi connectivity index (χ4n) is 2.45. The van der Waals surface area contributed by atoms with E-state index in [4.69, 9.17) is 4.42 Å². The number of hydrogen-bond acceptors (Lipinski definition) is 4. The van der Waals surface area contributed by atoms with Gasteiger partial charge in [-0.3, -0.25) is 0 Å². The van der Waals surface area contributed by atoms with Crippen LogP contribution in [0.2, 0.25) is 0 Å². The van der Waals surface area contributed by atoms with Crippen LogP contribution in [0.15, 0.2) is 28.7 Å². The van der Waals surface area contributed by atoms with Gasteiger partial charge in [0.05, 0.1) is 23.6 Å². The van der Waals surface area contributed by atoms with E-state index in [0.717, 1.165) is 43.4 Å².